The predicted octanol–water partition coefficient (Wildman–Crippen LogP) is 2.80. The molecule has 0 amide bonds. The number of carbonyl (C=O) groups is 1. The second kappa shape index (κ2) is 7.09. The van der Waals surface area contributed by atoms with E-state index in [4.69, 9.17) is 5.11 Å². The van der Waals surface area contributed by atoms with Gasteiger partial charge >= 0.3 is 5.97 Å². The van der Waals surface area contributed by atoms with Crippen molar-refractivity contribution in [2.45, 2.75) is 22.6 Å². The molecule has 0 saturated heterocycles. The molecule has 0 fully saturated rings. The van der Waals surface area contributed by atoms with Crippen LogP contribution in [0.15, 0.2) is 64.4 Å². The lowest BCUT2D eigenvalue weighted by Gasteiger charge is -2.08. The number of sulfone groups is 1. The highest BCUT2D eigenvalue weighted by Crippen LogP contribution is 2.22. The number of nitrogens with one attached hydrogen (secondary N) is 1. The average molecular weight is 319 g/mol. The molecule has 0 saturated carbocycles. The van der Waals surface area contributed by atoms with Gasteiger partial charge in [-0.15, -0.1) is 0 Å². The van der Waals surface area contributed by atoms with Crippen LogP contribution in [0.1, 0.15) is 12.8 Å². The van der Waals surface area contributed by atoms with E-state index in [2.05, 4.69) is 5.32 Å². The molecule has 2 rings (SSSR count). The van der Waals surface area contributed by atoms with Crippen LogP contribution < -0.4 is 5.32 Å². The van der Waals surface area contributed by atoms with Gasteiger partial charge in [-0.05, 0) is 42.8 Å². The second-order valence-corrected chi connectivity index (χ2v) is 6.71. The highest BCUT2D eigenvalue weighted by atomic mass is 32.2. The SMILES string of the molecule is O=C(O)CCCNc1ccc(S(=O)(=O)c2ccccc2)cc1. The summed E-state index contributed by atoms with van der Waals surface area (Å²) in [6, 6.07) is 14.7. The van der Waals surface area contributed by atoms with E-state index in [1.54, 1.807) is 54.6 Å². The molecular formula is C16H17NO4S. The van der Waals surface area contributed by atoms with E-state index in [-0.39, 0.29) is 16.2 Å². The Labute approximate surface area is 129 Å². The Kier molecular flexibility index (Phi) is 5.16. The van der Waals surface area contributed by atoms with Crippen molar-refractivity contribution in [3.63, 3.8) is 0 Å². The maximum Gasteiger partial charge on any atom is 0.303 e. The third-order valence-corrected chi connectivity index (χ3v) is 4.90. The largest absolute Gasteiger partial charge is 0.481 e. The van der Waals surface area contributed by atoms with Crippen LogP contribution >= 0.6 is 0 Å². The van der Waals surface area contributed by atoms with E-state index >= 15 is 0 Å². The maximum atomic E-state index is 12.4. The van der Waals surface area contributed by atoms with Crippen molar-refractivity contribution in [2.24, 2.45) is 0 Å². The number of carboxylic acids is 1. The van der Waals surface area contributed by atoms with E-state index in [0.29, 0.717) is 13.0 Å². The third kappa shape index (κ3) is 4.08. The molecule has 116 valence electrons. The Hall–Kier alpha value is -2.34. The molecule has 0 aliphatic heterocycles. The van der Waals surface area contributed by atoms with E-state index in [1.165, 1.54) is 0 Å². The van der Waals surface area contributed by atoms with Crippen molar-refractivity contribution in [1.29, 1.82) is 0 Å². The molecule has 0 aromatic heterocycles. The maximum absolute atomic E-state index is 12.4. The zero-order valence-corrected chi connectivity index (χ0v) is 12.7. The van der Waals surface area contributed by atoms with Gasteiger partial charge in [0.05, 0.1) is 9.79 Å². The summed E-state index contributed by atoms with van der Waals surface area (Å²) in [5.74, 6) is -0.828. The Morgan fingerprint density at radius 1 is 0.955 bits per heavy atom. The first-order valence-corrected chi connectivity index (χ1v) is 8.34. The highest BCUT2D eigenvalue weighted by Gasteiger charge is 2.16. The number of anilines is 1. The zero-order valence-electron chi connectivity index (χ0n) is 11.9. The monoisotopic (exact) mass is 319 g/mol. The van der Waals surface area contributed by atoms with Crippen LogP contribution in [0.25, 0.3) is 0 Å². The quantitative estimate of drug-likeness (QED) is 0.767. The van der Waals surface area contributed by atoms with Crippen LogP contribution in [0.5, 0.6) is 0 Å². The van der Waals surface area contributed by atoms with Crippen molar-refractivity contribution in [3.05, 3.63) is 54.6 Å². The Balaban J connectivity index is 2.04. The van der Waals surface area contributed by atoms with E-state index < -0.39 is 15.8 Å². The highest BCUT2D eigenvalue weighted by molar-refractivity contribution is 7.91. The van der Waals surface area contributed by atoms with Crippen LogP contribution in [0.3, 0.4) is 0 Å². The van der Waals surface area contributed by atoms with Gasteiger partial charge in [-0.25, -0.2) is 8.42 Å². The summed E-state index contributed by atoms with van der Waals surface area (Å²) in [5.41, 5.74) is 0.761. The number of hydrogen-bond donors (Lipinski definition) is 2. The normalized spacial score (nSPS) is 11.1. The summed E-state index contributed by atoms with van der Waals surface area (Å²) in [6.07, 6.45) is 0.618. The molecule has 2 aromatic carbocycles. The van der Waals surface area contributed by atoms with Crippen molar-refractivity contribution in [1.82, 2.24) is 0 Å². The molecule has 5 nitrogen and oxygen atoms in total. The summed E-state index contributed by atoms with van der Waals surface area (Å²) in [4.78, 5) is 10.9. The summed E-state index contributed by atoms with van der Waals surface area (Å²) >= 11 is 0. The molecule has 0 radical (unpaired) electrons. The molecule has 0 atom stereocenters. The van der Waals surface area contributed by atoms with E-state index in [9.17, 15) is 13.2 Å². The molecule has 0 bridgehead atoms. The van der Waals surface area contributed by atoms with Crippen molar-refractivity contribution >= 4 is 21.5 Å². The molecular weight excluding hydrogens is 302 g/mol. The van der Waals surface area contributed by atoms with E-state index in [0.717, 1.165) is 5.69 Å². The van der Waals surface area contributed by atoms with E-state index in [1.807, 2.05) is 0 Å². The van der Waals surface area contributed by atoms with Gasteiger partial charge in [-0.3, -0.25) is 4.79 Å². The second-order valence-electron chi connectivity index (χ2n) is 4.76. The number of rotatable bonds is 7. The molecule has 22 heavy (non-hydrogen) atoms. The van der Waals surface area contributed by atoms with Crippen molar-refractivity contribution in [2.75, 3.05) is 11.9 Å². The molecule has 2 aromatic rings. The fourth-order valence-electron chi connectivity index (χ4n) is 1.96. The lowest BCUT2D eigenvalue weighted by Crippen LogP contribution is -2.05. The molecule has 0 heterocycles. The van der Waals surface area contributed by atoms with Crippen molar-refractivity contribution < 1.29 is 18.3 Å². The van der Waals surface area contributed by atoms with Crippen LogP contribution in [0.4, 0.5) is 5.69 Å². The van der Waals surface area contributed by atoms with Gasteiger partial charge in [0.25, 0.3) is 0 Å². The van der Waals surface area contributed by atoms with Gasteiger partial charge in [-0.2, -0.15) is 0 Å². The third-order valence-electron chi connectivity index (χ3n) is 3.11. The predicted molar refractivity (Wildman–Crippen MR) is 83.7 cm³/mol. The van der Waals surface area contributed by atoms with Crippen molar-refractivity contribution in [3.8, 4) is 0 Å². The summed E-state index contributed by atoms with van der Waals surface area (Å²) in [6.45, 7) is 0.525. The smallest absolute Gasteiger partial charge is 0.303 e. The number of carboxylic acid groups (broad SMARTS) is 1. The molecule has 2 N–H and O–H groups in total. The first kappa shape index (κ1) is 16.0. The minimum absolute atomic E-state index is 0.105. The van der Waals surface area contributed by atoms with Crippen LogP contribution in [-0.2, 0) is 14.6 Å². The standard InChI is InChI=1S/C16H17NO4S/c18-16(19)7-4-12-17-13-8-10-15(11-9-13)22(20,21)14-5-2-1-3-6-14/h1-3,5-6,8-11,17H,4,7,12H2,(H,18,19). The number of benzene rings is 2. The minimum Gasteiger partial charge on any atom is -0.481 e. The average Bonchev–Trinajstić information content (AvgIpc) is 2.53. The molecule has 0 spiro atoms. The van der Waals surface area contributed by atoms with Gasteiger partial charge in [0, 0.05) is 18.7 Å². The topological polar surface area (TPSA) is 83.5 Å². The van der Waals surface area contributed by atoms with Crippen LogP contribution in [0, 0.1) is 0 Å². The summed E-state index contributed by atoms with van der Waals surface area (Å²) in [7, 11) is -3.50. The fraction of sp³-hybridized carbons (Fsp3) is 0.188. The lowest BCUT2D eigenvalue weighted by atomic mass is 10.3. The fourth-order valence-corrected chi connectivity index (χ4v) is 3.24. The van der Waals surface area contributed by atoms with Crippen LogP contribution in [0.2, 0.25) is 0 Å². The number of hydrogen-bond acceptors (Lipinski definition) is 4. The summed E-state index contributed by atoms with van der Waals surface area (Å²) in [5, 5.41) is 11.6. The van der Waals surface area contributed by atoms with Crippen LogP contribution in [-0.4, -0.2) is 26.0 Å². The molecule has 0 aliphatic carbocycles. The lowest BCUT2D eigenvalue weighted by molar-refractivity contribution is -0.137. The van der Waals surface area contributed by atoms with Gasteiger partial charge in [0.1, 0.15) is 0 Å². The van der Waals surface area contributed by atoms with Gasteiger partial charge in [-0.1, -0.05) is 18.2 Å². The molecule has 6 heteroatoms. The zero-order chi connectivity index (χ0) is 16.0. The number of aliphatic carboxylic acids is 1. The summed E-state index contributed by atoms with van der Waals surface area (Å²) < 4.78 is 24.8. The van der Waals surface area contributed by atoms with Gasteiger partial charge < -0.3 is 10.4 Å². The minimum atomic E-state index is -3.50. The van der Waals surface area contributed by atoms with Gasteiger partial charge in [0.2, 0.25) is 9.84 Å². The first-order chi connectivity index (χ1) is 10.5. The Morgan fingerprint density at radius 3 is 2.14 bits per heavy atom. The Morgan fingerprint density at radius 2 is 1.55 bits per heavy atom. The first-order valence-electron chi connectivity index (χ1n) is 6.86. The molecule has 0 unspecified atom stereocenters. The van der Waals surface area contributed by atoms with Gasteiger partial charge in [0.15, 0.2) is 0 Å². The Bertz CT molecular complexity index is 725. The molecule has 0 aliphatic rings.